The van der Waals surface area contributed by atoms with E-state index in [0.717, 1.165) is 57.8 Å². The summed E-state index contributed by atoms with van der Waals surface area (Å²) in [5.74, 6) is 0.687. The molecule has 1 N–H and O–H groups in total. The first-order valence-corrected chi connectivity index (χ1v) is 14.8. The van der Waals surface area contributed by atoms with Crippen LogP contribution in [0.25, 0.3) is 0 Å². The summed E-state index contributed by atoms with van der Waals surface area (Å²) >= 11 is 0. The molecule has 194 valence electrons. The van der Waals surface area contributed by atoms with Crippen LogP contribution >= 0.6 is 7.82 Å². The van der Waals surface area contributed by atoms with Gasteiger partial charge < -0.3 is 11.8 Å². The van der Waals surface area contributed by atoms with E-state index in [1.54, 1.807) is 0 Å². The summed E-state index contributed by atoms with van der Waals surface area (Å²) in [4.78, 5) is 9.77. The third-order valence-corrected chi connectivity index (χ3v) is 6.84. The van der Waals surface area contributed by atoms with Crippen molar-refractivity contribution in [1.82, 2.24) is 0 Å². The van der Waals surface area contributed by atoms with Gasteiger partial charge in [-0.05, 0) is 24.7 Å². The van der Waals surface area contributed by atoms with Gasteiger partial charge in [-0.15, -0.1) is 0 Å². The quantitative estimate of drug-likeness (QED) is 0.0802. The van der Waals surface area contributed by atoms with Crippen LogP contribution in [0.3, 0.4) is 0 Å². The van der Waals surface area contributed by atoms with Crippen molar-refractivity contribution in [2.45, 2.75) is 137 Å². The Bertz CT molecular complexity index is 364. The summed E-state index contributed by atoms with van der Waals surface area (Å²) in [6.07, 6.45) is 19.5. The summed E-state index contributed by atoms with van der Waals surface area (Å²) in [6.45, 7) is 15.2. The molecule has 0 saturated carbocycles. The average molecular weight is 608 g/mol. The van der Waals surface area contributed by atoms with E-state index in [1.807, 2.05) is 0 Å². The van der Waals surface area contributed by atoms with Gasteiger partial charge >= 0.3 is 7.82 Å². The smallest absolute Gasteiger partial charge is 0.343 e. The Morgan fingerprint density at radius 2 is 1.06 bits per heavy atom. The van der Waals surface area contributed by atoms with Crippen molar-refractivity contribution < 1.29 is 59.3 Å². The molecule has 4 nitrogen and oxygen atoms in total. The Balaban J connectivity index is -0.000000646. The zero-order chi connectivity index (χ0) is 23.8. The average Bonchev–Trinajstić information content (AvgIpc) is 2.77. The Labute approximate surface area is 234 Å². The SMILES string of the molecule is CCCCC(CC)COP(=O)(O)OCC(CC)CCCC.[CH2-]CCCCCCCCC.[Nd]. The second-order valence-electron chi connectivity index (χ2n) is 8.87. The summed E-state index contributed by atoms with van der Waals surface area (Å²) in [6, 6.07) is 0. The molecule has 0 aliphatic carbocycles. The molecular formula is C26H56NdO4P-. The van der Waals surface area contributed by atoms with Crippen LogP contribution in [0.15, 0.2) is 0 Å². The number of hydrogen-bond acceptors (Lipinski definition) is 3. The Morgan fingerprint density at radius 1 is 0.688 bits per heavy atom. The molecule has 0 spiro atoms. The van der Waals surface area contributed by atoms with Crippen LogP contribution in [0.5, 0.6) is 0 Å². The fourth-order valence-electron chi connectivity index (χ4n) is 3.37. The predicted molar refractivity (Wildman–Crippen MR) is 136 cm³/mol. The van der Waals surface area contributed by atoms with E-state index in [0.29, 0.717) is 25.0 Å². The van der Waals surface area contributed by atoms with Crippen LogP contribution in [-0.2, 0) is 13.6 Å². The summed E-state index contributed by atoms with van der Waals surface area (Å²) in [5.41, 5.74) is 0. The fourth-order valence-corrected chi connectivity index (χ4v) is 4.24. The van der Waals surface area contributed by atoms with E-state index in [2.05, 4.69) is 41.5 Å². The maximum atomic E-state index is 11.9. The normalized spacial score (nSPS) is 14.6. The van der Waals surface area contributed by atoms with E-state index >= 15 is 0 Å². The molecule has 6 heteroatoms. The molecule has 0 aliphatic rings. The molecule has 0 aromatic heterocycles. The van der Waals surface area contributed by atoms with Crippen molar-refractivity contribution >= 4 is 7.82 Å². The van der Waals surface area contributed by atoms with Crippen molar-refractivity contribution in [3.8, 4) is 0 Å². The topological polar surface area (TPSA) is 55.8 Å². The van der Waals surface area contributed by atoms with Gasteiger partial charge in [0, 0.05) is 40.8 Å². The van der Waals surface area contributed by atoms with Crippen LogP contribution < -0.4 is 0 Å². The zero-order valence-electron chi connectivity index (χ0n) is 22.2. The number of unbranched alkanes of at least 4 members (excludes halogenated alkanes) is 9. The summed E-state index contributed by atoms with van der Waals surface area (Å²) < 4.78 is 22.2. The number of rotatable bonds is 21. The van der Waals surface area contributed by atoms with Crippen LogP contribution in [-0.4, -0.2) is 18.1 Å². The minimum atomic E-state index is -3.89. The third-order valence-electron chi connectivity index (χ3n) is 5.89. The van der Waals surface area contributed by atoms with E-state index in [4.69, 9.17) is 9.05 Å². The maximum Gasteiger partial charge on any atom is 0.472 e. The molecule has 0 fully saturated rings. The fraction of sp³-hybridized carbons (Fsp3) is 0.962. The predicted octanol–water partition coefficient (Wildman–Crippen LogP) is 9.51. The summed E-state index contributed by atoms with van der Waals surface area (Å²) in [5, 5.41) is 0. The molecule has 0 aromatic rings. The van der Waals surface area contributed by atoms with Crippen LogP contribution in [0.1, 0.15) is 137 Å². The minimum Gasteiger partial charge on any atom is -0.343 e. The second kappa shape index (κ2) is 28.7. The minimum absolute atomic E-state index is 0. The van der Waals surface area contributed by atoms with Gasteiger partial charge in [-0.25, -0.2) is 4.57 Å². The molecule has 0 saturated heterocycles. The van der Waals surface area contributed by atoms with E-state index < -0.39 is 7.82 Å². The van der Waals surface area contributed by atoms with Crippen LogP contribution in [0, 0.1) is 59.6 Å². The van der Waals surface area contributed by atoms with Crippen molar-refractivity contribution in [1.29, 1.82) is 0 Å². The molecule has 0 rings (SSSR count). The van der Waals surface area contributed by atoms with Crippen molar-refractivity contribution in [2.75, 3.05) is 13.2 Å². The molecule has 0 radical (unpaired) electrons. The van der Waals surface area contributed by atoms with Crippen molar-refractivity contribution in [3.05, 3.63) is 6.92 Å². The molecule has 32 heavy (non-hydrogen) atoms. The van der Waals surface area contributed by atoms with Gasteiger partial charge in [0.15, 0.2) is 0 Å². The molecule has 0 aromatic carbocycles. The van der Waals surface area contributed by atoms with Crippen LogP contribution in [0.4, 0.5) is 0 Å². The molecule has 2 unspecified atom stereocenters. The largest absolute Gasteiger partial charge is 0.472 e. The van der Waals surface area contributed by atoms with E-state index in [-0.39, 0.29) is 40.8 Å². The van der Waals surface area contributed by atoms with Gasteiger partial charge in [0.1, 0.15) is 0 Å². The second-order valence-corrected chi connectivity index (χ2v) is 10.3. The third kappa shape index (κ3) is 27.7. The Hall–Kier alpha value is 1.46. The standard InChI is InChI=1S/C16H35O4P.C10H21.Nd/c1-5-9-11-15(7-3)13-19-21(17,18)20-14-16(8-4)12-10-6-2;1-3-5-7-9-10-8-6-4-2;/h15-16H,5-14H2,1-4H3,(H,17,18);1,3-10H2,2H3;/q;-1;. The number of phosphoric ester groups is 1. The van der Waals surface area contributed by atoms with Gasteiger partial charge in [-0.2, -0.15) is 6.42 Å². The first-order valence-electron chi connectivity index (χ1n) is 13.3. The molecule has 0 bridgehead atoms. The van der Waals surface area contributed by atoms with Gasteiger partial charge in [-0.3, -0.25) is 9.05 Å². The Kier molecular flexibility index (Phi) is 34.1. The molecule has 2 atom stereocenters. The molecular weight excluding hydrogens is 551 g/mol. The molecule has 0 heterocycles. The first kappa shape index (κ1) is 38.0. The molecule has 0 aliphatic heterocycles. The first-order chi connectivity index (χ1) is 14.9. The summed E-state index contributed by atoms with van der Waals surface area (Å²) in [7, 11) is -3.89. The zero-order valence-corrected chi connectivity index (χ0v) is 26.3. The van der Waals surface area contributed by atoms with E-state index in [9.17, 15) is 9.46 Å². The van der Waals surface area contributed by atoms with Gasteiger partial charge in [0.2, 0.25) is 0 Å². The van der Waals surface area contributed by atoms with Gasteiger partial charge in [-0.1, -0.05) is 118 Å². The number of phosphoric acid groups is 1. The van der Waals surface area contributed by atoms with Crippen molar-refractivity contribution in [3.63, 3.8) is 0 Å². The van der Waals surface area contributed by atoms with Crippen LogP contribution in [0.2, 0.25) is 0 Å². The van der Waals surface area contributed by atoms with Gasteiger partial charge in [0.05, 0.1) is 13.2 Å². The van der Waals surface area contributed by atoms with Crippen molar-refractivity contribution in [2.24, 2.45) is 11.8 Å². The Morgan fingerprint density at radius 3 is 1.41 bits per heavy atom. The van der Waals surface area contributed by atoms with Gasteiger partial charge in [0.25, 0.3) is 0 Å². The van der Waals surface area contributed by atoms with E-state index in [1.165, 1.54) is 44.9 Å². The monoisotopic (exact) mass is 605 g/mol. The molecule has 0 amide bonds. The maximum absolute atomic E-state index is 11.9. The number of hydrogen-bond donors (Lipinski definition) is 1.